The first kappa shape index (κ1) is 15.1. The number of thioether (sulfide) groups is 1. The molecule has 1 saturated heterocycles. The fourth-order valence-electron chi connectivity index (χ4n) is 2.28. The van der Waals surface area contributed by atoms with Crippen LogP contribution in [0.25, 0.3) is 0 Å². The molecule has 1 aromatic carbocycles. The van der Waals surface area contributed by atoms with Crippen molar-refractivity contribution < 1.29 is 18.0 Å². The fraction of sp³-hybridized carbons (Fsp3) is 0.357. The van der Waals surface area contributed by atoms with Crippen molar-refractivity contribution in [3.63, 3.8) is 0 Å². The molecule has 0 atom stereocenters. The quantitative estimate of drug-likeness (QED) is 0.685. The highest BCUT2D eigenvalue weighted by Crippen LogP contribution is 2.58. The molecule has 2 fully saturated rings. The van der Waals surface area contributed by atoms with Crippen LogP contribution in [0.15, 0.2) is 34.5 Å². The zero-order valence-corrected chi connectivity index (χ0v) is 12.2. The Hall–Kier alpha value is -1.83. The van der Waals surface area contributed by atoms with E-state index in [2.05, 4.69) is 15.5 Å². The molecule has 1 aliphatic heterocycles. The maximum atomic E-state index is 13.0. The maximum Gasteiger partial charge on any atom is 0.398 e. The van der Waals surface area contributed by atoms with Crippen LogP contribution >= 0.6 is 11.8 Å². The fourth-order valence-corrected chi connectivity index (χ4v) is 2.91. The highest BCUT2D eigenvalue weighted by molar-refractivity contribution is 8.15. The molecule has 1 N–H and O–H groups in total. The summed E-state index contributed by atoms with van der Waals surface area (Å²) in [5.74, 6) is 0.202. The summed E-state index contributed by atoms with van der Waals surface area (Å²) < 4.78 is 39.0. The summed E-state index contributed by atoms with van der Waals surface area (Å²) in [5, 5.41) is 10.6. The van der Waals surface area contributed by atoms with Gasteiger partial charge >= 0.3 is 6.18 Å². The molecule has 0 unspecified atom stereocenters. The minimum atomic E-state index is -4.20. The second kappa shape index (κ2) is 5.42. The van der Waals surface area contributed by atoms with Crippen LogP contribution in [0.5, 0.6) is 0 Å². The number of amidine groups is 1. The number of rotatable bonds is 3. The Balaban J connectivity index is 1.69. The van der Waals surface area contributed by atoms with E-state index in [4.69, 9.17) is 0 Å². The summed E-state index contributed by atoms with van der Waals surface area (Å²) in [6.45, 7) is 0. The third-order valence-corrected chi connectivity index (χ3v) is 4.56. The van der Waals surface area contributed by atoms with Crippen LogP contribution in [-0.4, -0.2) is 29.2 Å². The smallest absolute Gasteiger partial charge is 0.303 e. The van der Waals surface area contributed by atoms with Gasteiger partial charge in [0.2, 0.25) is 5.91 Å². The molecule has 22 heavy (non-hydrogen) atoms. The average Bonchev–Trinajstić information content (AvgIpc) is 3.18. The van der Waals surface area contributed by atoms with E-state index in [0.29, 0.717) is 22.0 Å². The monoisotopic (exact) mass is 327 g/mol. The Kier molecular flexibility index (Phi) is 3.72. The number of amides is 1. The first-order valence-corrected chi connectivity index (χ1v) is 7.60. The SMILES string of the molecule is O=C1CSC(=NN=Cc2ccc(C3(C(F)(F)F)CC3)cc2)N1. The van der Waals surface area contributed by atoms with Crippen molar-refractivity contribution in [1.82, 2.24) is 5.32 Å². The summed E-state index contributed by atoms with van der Waals surface area (Å²) in [4.78, 5) is 10.9. The molecule has 1 aromatic rings. The number of carbonyl (C=O) groups is 1. The van der Waals surface area contributed by atoms with Crippen molar-refractivity contribution in [3.05, 3.63) is 35.4 Å². The molecule has 0 spiro atoms. The Morgan fingerprint density at radius 2 is 1.91 bits per heavy atom. The van der Waals surface area contributed by atoms with Crippen molar-refractivity contribution in [1.29, 1.82) is 0 Å². The molecule has 0 radical (unpaired) electrons. The van der Waals surface area contributed by atoms with Gasteiger partial charge in [-0.1, -0.05) is 36.0 Å². The Morgan fingerprint density at radius 1 is 1.23 bits per heavy atom. The topological polar surface area (TPSA) is 53.8 Å². The van der Waals surface area contributed by atoms with Gasteiger partial charge in [-0.3, -0.25) is 4.79 Å². The Morgan fingerprint density at radius 3 is 2.41 bits per heavy atom. The standard InChI is InChI=1S/C14H12F3N3OS/c15-14(16,17)13(5-6-13)10-3-1-9(2-4-10)7-18-20-12-19-11(21)8-22-12/h1-4,7H,5-6,8H2,(H,19,20,21). The molecule has 3 rings (SSSR count). The molecule has 0 bridgehead atoms. The highest BCUT2D eigenvalue weighted by Gasteiger charge is 2.64. The third kappa shape index (κ3) is 2.87. The normalized spacial score (nSPS) is 22.3. The van der Waals surface area contributed by atoms with E-state index in [1.807, 2.05) is 0 Å². The van der Waals surface area contributed by atoms with Crippen LogP contribution < -0.4 is 5.32 Å². The van der Waals surface area contributed by atoms with E-state index >= 15 is 0 Å². The van der Waals surface area contributed by atoms with Gasteiger partial charge in [-0.2, -0.15) is 18.3 Å². The van der Waals surface area contributed by atoms with Crippen molar-refractivity contribution in [2.75, 3.05) is 5.75 Å². The Labute approximate surface area is 128 Å². The lowest BCUT2D eigenvalue weighted by molar-refractivity contribution is -0.160. The molecule has 1 heterocycles. The van der Waals surface area contributed by atoms with E-state index < -0.39 is 11.6 Å². The molecule has 1 aliphatic carbocycles. The summed E-state index contributed by atoms with van der Waals surface area (Å²) in [6.07, 6.45) is -2.47. The number of hydrogen-bond acceptors (Lipinski definition) is 4. The van der Waals surface area contributed by atoms with Crippen LogP contribution in [0, 0.1) is 0 Å². The number of nitrogens with zero attached hydrogens (tertiary/aromatic N) is 2. The third-order valence-electron chi connectivity index (χ3n) is 3.70. The summed E-state index contributed by atoms with van der Waals surface area (Å²) in [5.41, 5.74) is -0.712. The highest BCUT2D eigenvalue weighted by atomic mass is 32.2. The second-order valence-corrected chi connectivity index (χ2v) is 6.15. The number of benzene rings is 1. The number of alkyl halides is 3. The van der Waals surface area contributed by atoms with E-state index in [1.54, 1.807) is 12.1 Å². The van der Waals surface area contributed by atoms with E-state index in [-0.39, 0.29) is 18.7 Å². The minimum absolute atomic E-state index is 0.120. The van der Waals surface area contributed by atoms with Gasteiger partial charge in [0.25, 0.3) is 0 Å². The van der Waals surface area contributed by atoms with Gasteiger partial charge in [0.15, 0.2) is 5.17 Å². The predicted molar refractivity (Wildman–Crippen MR) is 79.0 cm³/mol. The predicted octanol–water partition coefficient (Wildman–Crippen LogP) is 2.83. The van der Waals surface area contributed by atoms with Crippen LogP contribution in [0.3, 0.4) is 0 Å². The van der Waals surface area contributed by atoms with Crippen molar-refractivity contribution in [2.45, 2.75) is 24.4 Å². The van der Waals surface area contributed by atoms with Gasteiger partial charge in [0.1, 0.15) is 0 Å². The number of hydrogen-bond donors (Lipinski definition) is 1. The van der Waals surface area contributed by atoms with E-state index in [9.17, 15) is 18.0 Å². The first-order valence-electron chi connectivity index (χ1n) is 6.62. The second-order valence-electron chi connectivity index (χ2n) is 5.19. The van der Waals surface area contributed by atoms with Gasteiger partial charge in [0.05, 0.1) is 17.4 Å². The largest absolute Gasteiger partial charge is 0.398 e. The van der Waals surface area contributed by atoms with Crippen LogP contribution in [-0.2, 0) is 10.2 Å². The van der Waals surface area contributed by atoms with Crippen molar-refractivity contribution in [3.8, 4) is 0 Å². The molecule has 2 aliphatic rings. The van der Waals surface area contributed by atoms with Gasteiger partial charge in [-0.15, -0.1) is 5.10 Å². The van der Waals surface area contributed by atoms with Crippen LogP contribution in [0.2, 0.25) is 0 Å². The van der Waals surface area contributed by atoms with Gasteiger partial charge in [-0.05, 0) is 24.0 Å². The molecular weight excluding hydrogens is 315 g/mol. The number of nitrogens with one attached hydrogen (secondary N) is 1. The van der Waals surface area contributed by atoms with Crippen molar-refractivity contribution >= 4 is 29.1 Å². The molecule has 1 saturated carbocycles. The molecule has 1 amide bonds. The number of carbonyl (C=O) groups excluding carboxylic acids is 1. The zero-order valence-electron chi connectivity index (χ0n) is 11.4. The zero-order chi connectivity index (χ0) is 15.8. The maximum absolute atomic E-state index is 13.0. The Bertz CT molecular complexity index is 648. The van der Waals surface area contributed by atoms with Gasteiger partial charge in [-0.25, -0.2) is 0 Å². The van der Waals surface area contributed by atoms with Crippen LogP contribution in [0.4, 0.5) is 13.2 Å². The molecule has 116 valence electrons. The minimum Gasteiger partial charge on any atom is -0.303 e. The average molecular weight is 327 g/mol. The first-order chi connectivity index (χ1) is 10.4. The summed E-state index contributed by atoms with van der Waals surface area (Å²) >= 11 is 1.25. The van der Waals surface area contributed by atoms with Gasteiger partial charge in [0, 0.05) is 0 Å². The van der Waals surface area contributed by atoms with Gasteiger partial charge < -0.3 is 5.32 Å². The lowest BCUT2D eigenvalue weighted by Crippen LogP contribution is -2.28. The molecule has 8 heteroatoms. The lowest BCUT2D eigenvalue weighted by Gasteiger charge is -2.19. The molecule has 0 aromatic heterocycles. The van der Waals surface area contributed by atoms with Crippen LogP contribution in [0.1, 0.15) is 24.0 Å². The van der Waals surface area contributed by atoms with E-state index in [0.717, 1.165) is 0 Å². The summed E-state index contributed by atoms with van der Waals surface area (Å²) in [6, 6.07) is 6.15. The molecule has 4 nitrogen and oxygen atoms in total. The molecular formula is C14H12F3N3OS. The van der Waals surface area contributed by atoms with Crippen molar-refractivity contribution in [2.24, 2.45) is 10.2 Å². The van der Waals surface area contributed by atoms with E-state index in [1.165, 1.54) is 30.1 Å². The summed E-state index contributed by atoms with van der Waals surface area (Å²) in [7, 11) is 0. The number of halogens is 3. The lowest BCUT2D eigenvalue weighted by atomic mass is 9.94.